The van der Waals surface area contributed by atoms with Crippen molar-refractivity contribution in [1.82, 2.24) is 0 Å². The molecule has 11 rings (SSSR count). The van der Waals surface area contributed by atoms with Gasteiger partial charge in [0, 0.05) is 0 Å². The predicted octanol–water partition coefficient (Wildman–Crippen LogP) is 12.5. The van der Waals surface area contributed by atoms with Crippen molar-refractivity contribution in [2.45, 2.75) is 0 Å². The molecule has 0 amide bonds. The van der Waals surface area contributed by atoms with E-state index in [2.05, 4.69) is 188 Å². The summed E-state index contributed by atoms with van der Waals surface area (Å²) in [5.41, 5.74) is 7.88. The van der Waals surface area contributed by atoms with Gasteiger partial charge in [0.2, 0.25) is 0 Å². The molecule has 236 valence electrons. The van der Waals surface area contributed by atoms with Gasteiger partial charge in [0.15, 0.2) is 0 Å². The second kappa shape index (κ2) is 11.2. The van der Waals surface area contributed by atoms with Crippen LogP contribution in [0.15, 0.2) is 188 Å². The fourth-order valence-corrected chi connectivity index (χ4v) is 10.9. The molecule has 10 aromatic rings. The van der Waals surface area contributed by atoms with Crippen LogP contribution in [0.5, 0.6) is 0 Å². The molecule has 0 spiro atoms. The summed E-state index contributed by atoms with van der Waals surface area (Å²) in [6.45, 7) is 0. The largest absolute Gasteiger partial charge is 0.0616 e. The molecular formula is C50H31P. The zero-order valence-electron chi connectivity index (χ0n) is 27.8. The van der Waals surface area contributed by atoms with Gasteiger partial charge in [-0.05, 0) is 135 Å². The molecule has 0 aliphatic heterocycles. The molecule has 0 aromatic heterocycles. The number of hydrogen-bond acceptors (Lipinski definition) is 0. The maximum absolute atomic E-state index is 2.44. The van der Waals surface area contributed by atoms with Crippen LogP contribution in [0.4, 0.5) is 0 Å². The second-order valence-corrected chi connectivity index (χ2v) is 15.9. The van der Waals surface area contributed by atoms with Crippen LogP contribution in [0.3, 0.4) is 0 Å². The summed E-state index contributed by atoms with van der Waals surface area (Å²) in [5, 5.41) is 17.2. The molecule has 0 fully saturated rings. The van der Waals surface area contributed by atoms with E-state index < -0.39 is 7.92 Å². The zero-order valence-corrected chi connectivity index (χ0v) is 28.7. The third kappa shape index (κ3) is 4.44. The molecule has 0 atom stereocenters. The average molecular weight is 663 g/mol. The van der Waals surface area contributed by atoms with Crippen LogP contribution in [0.2, 0.25) is 0 Å². The minimum Gasteiger partial charge on any atom is -0.0616 e. The van der Waals surface area contributed by atoms with Crippen molar-refractivity contribution in [2.75, 3.05) is 0 Å². The topological polar surface area (TPSA) is 0 Å². The number of fused-ring (bicyclic) bond motifs is 9. The van der Waals surface area contributed by atoms with Crippen molar-refractivity contribution in [3.8, 4) is 33.4 Å². The summed E-state index contributed by atoms with van der Waals surface area (Å²) < 4.78 is 0. The first-order chi connectivity index (χ1) is 25.3. The molecule has 0 heterocycles. The van der Waals surface area contributed by atoms with E-state index in [0.29, 0.717) is 0 Å². The highest BCUT2D eigenvalue weighted by Gasteiger charge is 2.24. The lowest BCUT2D eigenvalue weighted by atomic mass is 9.89. The Morgan fingerprint density at radius 3 is 1.45 bits per heavy atom. The van der Waals surface area contributed by atoms with E-state index in [1.807, 2.05) is 0 Å². The maximum Gasteiger partial charge on any atom is -0.00197 e. The van der Waals surface area contributed by atoms with E-state index in [9.17, 15) is 0 Å². The van der Waals surface area contributed by atoms with Crippen LogP contribution in [-0.2, 0) is 0 Å². The fourth-order valence-electron chi connectivity index (χ4n) is 8.59. The van der Waals surface area contributed by atoms with E-state index in [4.69, 9.17) is 0 Å². The third-order valence-electron chi connectivity index (χ3n) is 10.9. The number of benzene rings is 10. The van der Waals surface area contributed by atoms with E-state index >= 15 is 0 Å². The Morgan fingerprint density at radius 2 is 0.765 bits per heavy atom. The lowest BCUT2D eigenvalue weighted by Crippen LogP contribution is -2.20. The summed E-state index contributed by atoms with van der Waals surface area (Å²) >= 11 is 0. The Kier molecular flexibility index (Phi) is 6.32. The van der Waals surface area contributed by atoms with Gasteiger partial charge in [0.1, 0.15) is 0 Å². The standard InChI is InChI=1S/C50H31P/c1-3-12-35-28-39(26-20-32(35)10-1)51(40-27-21-33-11-2-4-13-36(33)29-40)38-24-22-34(23-25-38)47-30-37-31-48-42-15-6-5-14-41(42)45-18-9-19-46(50(45)48)49(37)44-17-8-7-16-43(44)47/h1-31H. The zero-order chi connectivity index (χ0) is 33.5. The van der Waals surface area contributed by atoms with Gasteiger partial charge in [0.25, 0.3) is 0 Å². The van der Waals surface area contributed by atoms with Crippen LogP contribution in [0.25, 0.3) is 87.2 Å². The van der Waals surface area contributed by atoms with Crippen molar-refractivity contribution < 1.29 is 0 Å². The van der Waals surface area contributed by atoms with Crippen molar-refractivity contribution >= 4 is 77.7 Å². The number of rotatable bonds is 4. The summed E-state index contributed by atoms with van der Waals surface area (Å²) in [6.07, 6.45) is 0. The first kappa shape index (κ1) is 28.7. The fraction of sp³-hybridized carbons (Fsp3) is 0. The second-order valence-electron chi connectivity index (χ2n) is 13.7. The van der Waals surface area contributed by atoms with Gasteiger partial charge in [-0.15, -0.1) is 0 Å². The molecule has 0 saturated carbocycles. The molecule has 51 heavy (non-hydrogen) atoms. The van der Waals surface area contributed by atoms with Gasteiger partial charge in [-0.3, -0.25) is 0 Å². The lowest BCUT2D eigenvalue weighted by molar-refractivity contribution is 1.69. The minimum atomic E-state index is -0.782. The van der Waals surface area contributed by atoms with Crippen LogP contribution in [0, 0.1) is 0 Å². The van der Waals surface area contributed by atoms with E-state index in [1.165, 1.54) is 103 Å². The molecule has 0 N–H and O–H groups in total. The molecule has 0 saturated heterocycles. The lowest BCUT2D eigenvalue weighted by Gasteiger charge is -2.21. The van der Waals surface area contributed by atoms with Gasteiger partial charge in [-0.1, -0.05) is 164 Å². The van der Waals surface area contributed by atoms with Gasteiger partial charge in [-0.2, -0.15) is 0 Å². The van der Waals surface area contributed by atoms with Crippen LogP contribution in [-0.4, -0.2) is 0 Å². The van der Waals surface area contributed by atoms with Crippen molar-refractivity contribution in [1.29, 1.82) is 0 Å². The Balaban J connectivity index is 1.10. The van der Waals surface area contributed by atoms with Gasteiger partial charge in [0.05, 0.1) is 0 Å². The van der Waals surface area contributed by atoms with Crippen LogP contribution < -0.4 is 15.9 Å². The molecule has 0 bridgehead atoms. The van der Waals surface area contributed by atoms with Gasteiger partial charge in [-0.25, -0.2) is 0 Å². The van der Waals surface area contributed by atoms with Crippen molar-refractivity contribution in [2.24, 2.45) is 0 Å². The maximum atomic E-state index is 2.44. The summed E-state index contributed by atoms with van der Waals surface area (Å²) in [6, 6.07) is 70.5. The van der Waals surface area contributed by atoms with E-state index in [1.54, 1.807) is 0 Å². The Bertz CT molecular complexity index is 2950. The highest BCUT2D eigenvalue weighted by molar-refractivity contribution is 7.79. The Hall–Kier alpha value is -6.07. The Morgan fingerprint density at radius 1 is 0.255 bits per heavy atom. The normalized spacial score (nSPS) is 12.1. The minimum absolute atomic E-state index is 0.782. The molecule has 1 aliphatic carbocycles. The summed E-state index contributed by atoms with van der Waals surface area (Å²) in [4.78, 5) is 0. The molecule has 1 aliphatic rings. The van der Waals surface area contributed by atoms with E-state index in [0.717, 1.165) is 0 Å². The Labute approximate surface area is 298 Å². The first-order valence-electron chi connectivity index (χ1n) is 17.7. The molecule has 0 radical (unpaired) electrons. The SMILES string of the molecule is c1ccc2c(c1)-c1cccc3c1c-2cc1cc(-c2ccc(P(c4ccc5ccccc5c4)c4ccc5ccccc5c4)cc2)c2ccccc2c13. The summed E-state index contributed by atoms with van der Waals surface area (Å²) in [7, 11) is -0.782. The smallest absolute Gasteiger partial charge is 0.00197 e. The quantitative estimate of drug-likeness (QED) is 0.130. The first-order valence-corrected chi connectivity index (χ1v) is 19.0. The van der Waals surface area contributed by atoms with Gasteiger partial charge < -0.3 is 0 Å². The molecule has 1 heteroatoms. The van der Waals surface area contributed by atoms with Gasteiger partial charge >= 0.3 is 0 Å². The van der Waals surface area contributed by atoms with Crippen molar-refractivity contribution in [3.05, 3.63) is 188 Å². The summed E-state index contributed by atoms with van der Waals surface area (Å²) in [5.74, 6) is 0. The predicted molar refractivity (Wildman–Crippen MR) is 223 cm³/mol. The van der Waals surface area contributed by atoms with Crippen LogP contribution >= 0.6 is 7.92 Å². The average Bonchev–Trinajstić information content (AvgIpc) is 3.52. The molecule has 10 aromatic carbocycles. The van der Waals surface area contributed by atoms with Crippen molar-refractivity contribution in [3.63, 3.8) is 0 Å². The van der Waals surface area contributed by atoms with Crippen LogP contribution in [0.1, 0.15) is 0 Å². The molecule has 0 unspecified atom stereocenters. The highest BCUT2D eigenvalue weighted by atomic mass is 31.1. The highest BCUT2D eigenvalue weighted by Crippen LogP contribution is 2.51. The number of hydrogen-bond donors (Lipinski definition) is 0. The third-order valence-corrected chi connectivity index (χ3v) is 13.3. The molecular weight excluding hydrogens is 632 g/mol. The molecule has 0 nitrogen and oxygen atoms in total. The monoisotopic (exact) mass is 662 g/mol. The van der Waals surface area contributed by atoms with E-state index in [-0.39, 0.29) is 0 Å².